The number of nitrogens with two attached hydrogens (primary N) is 1. The van der Waals surface area contributed by atoms with E-state index in [1.54, 1.807) is 24.1 Å². The van der Waals surface area contributed by atoms with Gasteiger partial charge in [-0.2, -0.15) is 4.31 Å². The summed E-state index contributed by atoms with van der Waals surface area (Å²) < 4.78 is 27.3. The van der Waals surface area contributed by atoms with Crippen molar-refractivity contribution in [2.45, 2.75) is 56.9 Å². The number of nitrogens with zero attached hydrogens (tertiary/aromatic N) is 2. The van der Waals surface area contributed by atoms with Gasteiger partial charge in [-0.3, -0.25) is 4.79 Å². The Morgan fingerprint density at radius 3 is 2.19 bits per heavy atom. The lowest BCUT2D eigenvalue weighted by molar-refractivity contribution is -0.137. The van der Waals surface area contributed by atoms with Gasteiger partial charge in [0.15, 0.2) is 0 Å². The van der Waals surface area contributed by atoms with Crippen molar-refractivity contribution in [3.05, 3.63) is 29.8 Å². The molecule has 152 valence electrons. The van der Waals surface area contributed by atoms with Gasteiger partial charge >= 0.3 is 0 Å². The third kappa shape index (κ3) is 4.89. The Morgan fingerprint density at radius 1 is 1.22 bits per heavy atom. The molecule has 1 fully saturated rings. The van der Waals surface area contributed by atoms with Crippen LogP contribution in [0.2, 0.25) is 0 Å². The molecule has 2 rings (SSSR count). The van der Waals surface area contributed by atoms with Gasteiger partial charge in [-0.15, -0.1) is 0 Å². The lowest BCUT2D eigenvalue weighted by Crippen LogP contribution is -2.47. The minimum atomic E-state index is -3.53. The minimum Gasteiger partial charge on any atom is -0.342 e. The summed E-state index contributed by atoms with van der Waals surface area (Å²) in [4.78, 5) is 14.6. The molecule has 1 aromatic rings. The lowest BCUT2D eigenvalue weighted by Gasteiger charge is -2.34. The first-order valence-electron chi connectivity index (χ1n) is 9.56. The average molecular weight is 396 g/mol. The molecule has 1 aromatic carbocycles. The third-order valence-electron chi connectivity index (χ3n) is 5.51. The third-order valence-corrected chi connectivity index (χ3v) is 7.42. The van der Waals surface area contributed by atoms with E-state index in [1.165, 1.54) is 4.31 Å². The summed E-state index contributed by atoms with van der Waals surface area (Å²) in [5.74, 6) is -0.0850. The zero-order valence-electron chi connectivity index (χ0n) is 17.1. The van der Waals surface area contributed by atoms with E-state index >= 15 is 0 Å². The highest BCUT2D eigenvalue weighted by Gasteiger charge is 2.34. The summed E-state index contributed by atoms with van der Waals surface area (Å²) in [5, 5.41) is 0. The molecule has 0 spiro atoms. The molecule has 1 aliphatic rings. The van der Waals surface area contributed by atoms with Crippen LogP contribution in [0.5, 0.6) is 0 Å². The van der Waals surface area contributed by atoms with Crippen molar-refractivity contribution in [1.82, 2.24) is 9.21 Å². The second kappa shape index (κ2) is 8.29. The molecule has 1 heterocycles. The van der Waals surface area contributed by atoms with Gasteiger partial charge < -0.3 is 10.6 Å². The van der Waals surface area contributed by atoms with Gasteiger partial charge in [-0.25, -0.2) is 8.42 Å². The Morgan fingerprint density at radius 2 is 1.74 bits per heavy atom. The summed E-state index contributed by atoms with van der Waals surface area (Å²) >= 11 is 0. The lowest BCUT2D eigenvalue weighted by atomic mass is 9.87. The van der Waals surface area contributed by atoms with Crippen LogP contribution in [0.3, 0.4) is 0 Å². The number of amides is 1. The van der Waals surface area contributed by atoms with Crippen LogP contribution >= 0.6 is 0 Å². The monoisotopic (exact) mass is 395 g/mol. The number of piperidine rings is 1. The predicted octanol–water partition coefficient (Wildman–Crippen LogP) is 2.19. The maximum atomic E-state index is 12.9. The van der Waals surface area contributed by atoms with Gasteiger partial charge in [0.25, 0.3) is 0 Å². The zero-order chi connectivity index (χ0) is 20.4. The van der Waals surface area contributed by atoms with Crippen molar-refractivity contribution in [3.8, 4) is 0 Å². The number of benzene rings is 1. The molecule has 0 aromatic heterocycles. The number of carbonyl (C=O) groups excluding carboxylic acids is 1. The molecule has 1 atom stereocenters. The fraction of sp³-hybridized carbons (Fsp3) is 0.650. The van der Waals surface area contributed by atoms with Crippen molar-refractivity contribution in [2.75, 3.05) is 26.7 Å². The fourth-order valence-electron chi connectivity index (χ4n) is 3.28. The highest BCUT2D eigenvalue weighted by molar-refractivity contribution is 7.89. The van der Waals surface area contributed by atoms with E-state index in [1.807, 2.05) is 19.1 Å². The van der Waals surface area contributed by atoms with Crippen molar-refractivity contribution >= 4 is 15.9 Å². The molecular formula is C20H33N3O3S. The smallest absolute Gasteiger partial charge is 0.243 e. The molecule has 0 radical (unpaired) electrons. The second-order valence-electron chi connectivity index (χ2n) is 8.49. The Labute approximate surface area is 163 Å². The number of sulfonamides is 1. The van der Waals surface area contributed by atoms with Gasteiger partial charge in [0, 0.05) is 38.6 Å². The molecule has 2 N–H and O–H groups in total. The van der Waals surface area contributed by atoms with Crippen molar-refractivity contribution in [2.24, 2.45) is 11.7 Å². The van der Waals surface area contributed by atoms with E-state index < -0.39 is 10.0 Å². The SMILES string of the molecule is CC(CN)N(C)C(=O)C1CCN(S(=O)(=O)c2ccc(C(C)(C)C)cc2)CC1. The van der Waals surface area contributed by atoms with Crippen LogP contribution in [0.15, 0.2) is 29.2 Å². The Kier molecular flexibility index (Phi) is 6.71. The molecule has 0 aliphatic carbocycles. The van der Waals surface area contributed by atoms with Gasteiger partial charge in [-0.05, 0) is 42.9 Å². The molecule has 1 aliphatic heterocycles. The van der Waals surface area contributed by atoms with E-state index in [0.717, 1.165) is 5.56 Å². The van der Waals surface area contributed by atoms with Crippen molar-refractivity contribution in [3.63, 3.8) is 0 Å². The summed E-state index contributed by atoms with van der Waals surface area (Å²) in [5.41, 5.74) is 6.72. The minimum absolute atomic E-state index is 0.0133. The normalized spacial score (nSPS) is 18.3. The molecule has 1 amide bonds. The predicted molar refractivity (Wildman–Crippen MR) is 108 cm³/mol. The van der Waals surface area contributed by atoms with Crippen LogP contribution in [-0.4, -0.2) is 56.3 Å². The molecular weight excluding hydrogens is 362 g/mol. The van der Waals surface area contributed by atoms with E-state index in [4.69, 9.17) is 5.73 Å². The van der Waals surface area contributed by atoms with Gasteiger partial charge in [0.2, 0.25) is 15.9 Å². The van der Waals surface area contributed by atoms with Gasteiger partial charge in [0.05, 0.1) is 4.90 Å². The van der Waals surface area contributed by atoms with E-state index in [0.29, 0.717) is 37.4 Å². The maximum absolute atomic E-state index is 12.9. The van der Waals surface area contributed by atoms with E-state index in [9.17, 15) is 13.2 Å². The number of rotatable bonds is 5. The highest BCUT2D eigenvalue weighted by Crippen LogP contribution is 2.27. The maximum Gasteiger partial charge on any atom is 0.243 e. The quantitative estimate of drug-likeness (QED) is 0.828. The number of carbonyl (C=O) groups is 1. The number of hydrogen-bond acceptors (Lipinski definition) is 4. The van der Waals surface area contributed by atoms with Crippen molar-refractivity contribution < 1.29 is 13.2 Å². The number of hydrogen-bond donors (Lipinski definition) is 1. The summed E-state index contributed by atoms with van der Waals surface area (Å²) in [6.45, 7) is 9.36. The summed E-state index contributed by atoms with van der Waals surface area (Å²) in [7, 11) is -1.76. The fourth-order valence-corrected chi connectivity index (χ4v) is 4.75. The molecule has 27 heavy (non-hydrogen) atoms. The Bertz CT molecular complexity index is 746. The standard InChI is InChI=1S/C20H33N3O3S/c1-15(14-21)22(5)19(24)16-10-12-23(13-11-16)27(25,26)18-8-6-17(7-9-18)20(2,3)4/h6-9,15-16H,10-14,21H2,1-5H3. The Hall–Kier alpha value is -1.44. The molecule has 1 unspecified atom stereocenters. The average Bonchev–Trinajstić information content (AvgIpc) is 2.65. The summed E-state index contributed by atoms with van der Waals surface area (Å²) in [6.07, 6.45) is 1.08. The van der Waals surface area contributed by atoms with Crippen LogP contribution in [0.4, 0.5) is 0 Å². The molecule has 7 heteroatoms. The van der Waals surface area contributed by atoms with Crippen molar-refractivity contribution in [1.29, 1.82) is 0 Å². The van der Waals surface area contributed by atoms with Crippen LogP contribution in [0.1, 0.15) is 46.1 Å². The van der Waals surface area contributed by atoms with E-state index in [2.05, 4.69) is 20.8 Å². The molecule has 6 nitrogen and oxygen atoms in total. The first-order chi connectivity index (χ1) is 12.5. The van der Waals surface area contributed by atoms with Crippen LogP contribution in [0.25, 0.3) is 0 Å². The first-order valence-corrected chi connectivity index (χ1v) is 11.0. The Balaban J connectivity index is 2.05. The van der Waals surface area contributed by atoms with Gasteiger partial charge in [0.1, 0.15) is 0 Å². The van der Waals surface area contributed by atoms with Crippen LogP contribution in [-0.2, 0) is 20.2 Å². The largest absolute Gasteiger partial charge is 0.342 e. The molecule has 0 saturated carbocycles. The molecule has 0 bridgehead atoms. The topological polar surface area (TPSA) is 83.7 Å². The summed E-state index contributed by atoms with van der Waals surface area (Å²) in [6, 6.07) is 7.12. The van der Waals surface area contributed by atoms with Crippen LogP contribution in [0, 0.1) is 5.92 Å². The van der Waals surface area contributed by atoms with Gasteiger partial charge in [-0.1, -0.05) is 32.9 Å². The highest BCUT2D eigenvalue weighted by atomic mass is 32.2. The number of likely N-dealkylation sites (N-methyl/N-ethyl adjacent to an activating group) is 1. The molecule has 1 saturated heterocycles. The first kappa shape index (κ1) is 21.9. The van der Waals surface area contributed by atoms with E-state index in [-0.39, 0.29) is 23.3 Å². The zero-order valence-corrected chi connectivity index (χ0v) is 17.9. The van der Waals surface area contributed by atoms with Crippen LogP contribution < -0.4 is 5.73 Å². The second-order valence-corrected chi connectivity index (χ2v) is 10.4.